The summed E-state index contributed by atoms with van der Waals surface area (Å²) in [5.74, 6) is -1.25. The van der Waals surface area contributed by atoms with E-state index in [4.69, 9.17) is 14.8 Å². The van der Waals surface area contributed by atoms with Gasteiger partial charge >= 0.3 is 11.9 Å². The maximum atomic E-state index is 14.0. The summed E-state index contributed by atoms with van der Waals surface area (Å²) in [6, 6.07) is 16.5. The first-order valence-corrected chi connectivity index (χ1v) is 14.0. The molecule has 1 atom stereocenters. The number of carbonyl (C=O) groups is 2. The van der Waals surface area contributed by atoms with Gasteiger partial charge in [0.2, 0.25) is 0 Å². The van der Waals surface area contributed by atoms with Gasteiger partial charge in [-0.1, -0.05) is 61.4 Å². The minimum Gasteiger partial charge on any atom is -0.481 e. The fourth-order valence-electron chi connectivity index (χ4n) is 6.70. The summed E-state index contributed by atoms with van der Waals surface area (Å²) in [6.45, 7) is 16.7. The highest BCUT2D eigenvalue weighted by Crippen LogP contribution is 2.51. The molecule has 2 aromatic carbocycles. The van der Waals surface area contributed by atoms with Crippen molar-refractivity contribution in [3.05, 3.63) is 70.8 Å². The first-order chi connectivity index (χ1) is 18.1. The van der Waals surface area contributed by atoms with Crippen LogP contribution < -0.4 is 0 Å². The monoisotopic (exact) mass is 536 g/mol. The van der Waals surface area contributed by atoms with Crippen molar-refractivity contribution in [2.45, 2.75) is 116 Å². The van der Waals surface area contributed by atoms with Gasteiger partial charge in [0.05, 0.1) is 22.2 Å². The maximum Gasteiger partial charge on any atom is 0.356 e. The Morgan fingerprint density at radius 1 is 0.692 bits per heavy atom. The van der Waals surface area contributed by atoms with E-state index >= 15 is 0 Å². The Balaban J connectivity index is 1.60. The lowest BCUT2D eigenvalue weighted by molar-refractivity contribution is -0.305. The minimum atomic E-state index is -0.849. The molecule has 0 aromatic heterocycles. The highest BCUT2D eigenvalue weighted by Gasteiger charge is 2.54. The standard InChI is InChI=1S/C32H44N2O5/c1-29(2)22-16-12-13-17-23(22)30(3,4)33(29)38-26(20-10-9-11-21-27(35)36)28(37)39-34-31(5,6)24-18-14-15-19-25(24)32(34,7)8/h12-19,26H,9-11,20-21H2,1-8H3,(H,35,36). The molecule has 2 aliphatic heterocycles. The summed E-state index contributed by atoms with van der Waals surface area (Å²) in [4.78, 5) is 37.9. The lowest BCUT2D eigenvalue weighted by Crippen LogP contribution is -2.52. The number of rotatable bonds is 10. The highest BCUT2D eigenvalue weighted by molar-refractivity contribution is 5.74. The van der Waals surface area contributed by atoms with Gasteiger partial charge in [0.25, 0.3) is 0 Å². The van der Waals surface area contributed by atoms with Crippen LogP contribution in [-0.4, -0.2) is 33.3 Å². The number of hydrogen-bond donors (Lipinski definition) is 1. The number of carboxylic acid groups (broad SMARTS) is 1. The minimum absolute atomic E-state index is 0.117. The summed E-state index contributed by atoms with van der Waals surface area (Å²) in [5.41, 5.74) is 2.61. The quantitative estimate of drug-likeness (QED) is 0.336. The number of nitrogens with zero attached hydrogens (tertiary/aromatic N) is 2. The molecule has 39 heavy (non-hydrogen) atoms. The molecule has 2 heterocycles. The van der Waals surface area contributed by atoms with Gasteiger partial charge in [-0.2, -0.15) is 5.06 Å². The van der Waals surface area contributed by atoms with E-state index in [0.29, 0.717) is 25.7 Å². The molecule has 0 aliphatic carbocycles. The molecule has 0 bridgehead atoms. The summed E-state index contributed by atoms with van der Waals surface area (Å²) in [7, 11) is 0. The van der Waals surface area contributed by atoms with Crippen molar-refractivity contribution in [1.82, 2.24) is 10.1 Å². The van der Waals surface area contributed by atoms with Gasteiger partial charge < -0.3 is 9.94 Å². The third kappa shape index (κ3) is 5.12. The molecule has 212 valence electrons. The predicted octanol–water partition coefficient (Wildman–Crippen LogP) is 6.75. The van der Waals surface area contributed by atoms with Gasteiger partial charge in [-0.15, -0.1) is 5.06 Å². The molecule has 0 saturated carbocycles. The fourth-order valence-corrected chi connectivity index (χ4v) is 6.70. The lowest BCUT2D eigenvalue weighted by Gasteiger charge is -2.42. The molecule has 4 rings (SSSR count). The fraction of sp³-hybridized carbons (Fsp3) is 0.562. The molecule has 7 nitrogen and oxygen atoms in total. The molecule has 0 fully saturated rings. The molecule has 0 spiro atoms. The van der Waals surface area contributed by atoms with E-state index in [1.165, 1.54) is 11.1 Å². The van der Waals surface area contributed by atoms with Crippen molar-refractivity contribution in [1.29, 1.82) is 0 Å². The molecule has 2 aromatic rings. The van der Waals surface area contributed by atoms with Crippen molar-refractivity contribution in [2.24, 2.45) is 0 Å². The number of carbonyl (C=O) groups excluding carboxylic acids is 1. The van der Waals surface area contributed by atoms with E-state index in [-0.39, 0.29) is 6.42 Å². The van der Waals surface area contributed by atoms with Crippen molar-refractivity contribution in [2.75, 3.05) is 0 Å². The molecular weight excluding hydrogens is 492 g/mol. The van der Waals surface area contributed by atoms with E-state index in [1.54, 1.807) is 0 Å². The third-order valence-corrected chi connectivity index (χ3v) is 8.56. The number of unbranched alkanes of at least 4 members (excludes halogenated alkanes) is 2. The second-order valence-corrected chi connectivity index (χ2v) is 12.9. The summed E-state index contributed by atoms with van der Waals surface area (Å²) < 4.78 is 0. The SMILES string of the molecule is CC1(C)c2ccccc2C(C)(C)N1OC(=O)C(CCCCCC(=O)O)ON1C(C)(C)c2ccccc2C1(C)C. The van der Waals surface area contributed by atoms with E-state index in [9.17, 15) is 9.59 Å². The summed E-state index contributed by atoms with van der Waals surface area (Å²) >= 11 is 0. The molecule has 2 aliphatic rings. The first kappa shape index (κ1) is 29.2. The van der Waals surface area contributed by atoms with Crippen molar-refractivity contribution < 1.29 is 24.4 Å². The zero-order valence-electron chi connectivity index (χ0n) is 24.7. The topological polar surface area (TPSA) is 79.3 Å². The molecule has 0 saturated heterocycles. The van der Waals surface area contributed by atoms with E-state index in [2.05, 4.69) is 79.7 Å². The van der Waals surface area contributed by atoms with Crippen molar-refractivity contribution >= 4 is 11.9 Å². The van der Waals surface area contributed by atoms with Crippen LogP contribution in [0.1, 0.15) is 110 Å². The Morgan fingerprint density at radius 2 is 1.10 bits per heavy atom. The van der Waals surface area contributed by atoms with Crippen molar-refractivity contribution in [3.8, 4) is 0 Å². The second-order valence-electron chi connectivity index (χ2n) is 12.9. The number of carboxylic acids is 1. The van der Waals surface area contributed by atoms with Gasteiger partial charge in [0, 0.05) is 6.42 Å². The lowest BCUT2D eigenvalue weighted by atomic mass is 9.91. The van der Waals surface area contributed by atoms with Crippen LogP contribution >= 0.6 is 0 Å². The van der Waals surface area contributed by atoms with Crippen LogP contribution in [0.4, 0.5) is 0 Å². The Kier molecular flexibility index (Phi) is 7.76. The van der Waals surface area contributed by atoms with Crippen LogP contribution in [0, 0.1) is 0 Å². The van der Waals surface area contributed by atoms with Crippen LogP contribution in [0.2, 0.25) is 0 Å². The molecule has 0 amide bonds. The number of benzene rings is 2. The van der Waals surface area contributed by atoms with Gasteiger partial charge in [-0.05, 0) is 90.5 Å². The van der Waals surface area contributed by atoms with Crippen LogP contribution in [0.15, 0.2) is 48.5 Å². The van der Waals surface area contributed by atoms with Crippen LogP contribution in [0.5, 0.6) is 0 Å². The number of hydrogen-bond acceptors (Lipinski definition) is 6. The van der Waals surface area contributed by atoms with Crippen molar-refractivity contribution in [3.63, 3.8) is 0 Å². The van der Waals surface area contributed by atoms with E-state index in [0.717, 1.165) is 11.1 Å². The normalized spacial score (nSPS) is 21.2. The third-order valence-electron chi connectivity index (χ3n) is 8.56. The first-order valence-electron chi connectivity index (χ1n) is 14.0. The van der Waals surface area contributed by atoms with Crippen LogP contribution in [-0.2, 0) is 41.4 Å². The van der Waals surface area contributed by atoms with Gasteiger partial charge in [0.1, 0.15) is 0 Å². The zero-order valence-corrected chi connectivity index (χ0v) is 24.7. The Morgan fingerprint density at radius 3 is 1.51 bits per heavy atom. The van der Waals surface area contributed by atoms with E-state index < -0.39 is 40.2 Å². The molecule has 0 radical (unpaired) electrons. The Hall–Kier alpha value is -2.74. The van der Waals surface area contributed by atoms with Crippen LogP contribution in [0.3, 0.4) is 0 Å². The smallest absolute Gasteiger partial charge is 0.356 e. The number of fused-ring (bicyclic) bond motifs is 2. The average Bonchev–Trinajstić information content (AvgIpc) is 3.12. The zero-order chi connectivity index (χ0) is 28.8. The molecular formula is C32H44N2O5. The number of hydroxylamine groups is 4. The average molecular weight is 537 g/mol. The van der Waals surface area contributed by atoms with Gasteiger partial charge in [-0.25, -0.2) is 4.79 Å². The van der Waals surface area contributed by atoms with E-state index in [1.807, 2.05) is 34.4 Å². The largest absolute Gasteiger partial charge is 0.481 e. The van der Waals surface area contributed by atoms with Gasteiger partial charge in [-0.3, -0.25) is 9.63 Å². The second kappa shape index (κ2) is 10.3. The maximum absolute atomic E-state index is 14.0. The van der Waals surface area contributed by atoms with Crippen LogP contribution in [0.25, 0.3) is 0 Å². The predicted molar refractivity (Wildman–Crippen MR) is 150 cm³/mol. The Bertz CT molecular complexity index is 1160. The summed E-state index contributed by atoms with van der Waals surface area (Å²) in [6.07, 6.45) is 1.61. The van der Waals surface area contributed by atoms with Gasteiger partial charge in [0.15, 0.2) is 6.10 Å². The molecule has 7 heteroatoms. The Labute approximate surface area is 233 Å². The molecule has 1 unspecified atom stereocenters. The summed E-state index contributed by atoms with van der Waals surface area (Å²) in [5, 5.41) is 12.8. The number of aliphatic carboxylic acids is 1. The molecule has 1 N–H and O–H groups in total. The highest BCUT2D eigenvalue weighted by atomic mass is 16.8.